The molecule has 0 aromatic heterocycles. The molecule has 44 heavy (non-hydrogen) atoms. The van der Waals surface area contributed by atoms with Crippen LogP contribution in [-0.4, -0.2) is 82.9 Å². The Hall–Kier alpha value is -4.69. The van der Waals surface area contributed by atoms with Crippen LogP contribution in [0.3, 0.4) is 0 Å². The standard InChI is InChI=1S/C29H43N7O8/c1-28(2,3)43-21(38)15-19(23(39)35-22(17-11-8-7-9-12-17)25(41)44-29(4,5)6)33-20(37)16-36-24(40)18(34-27(36)42)13-10-14-32-26(30)31/h7-9,11-12,18-19,22H,10,13-16H2,1-6H3,(H,33,37)(H,34,42)(H,35,39)(H4,30,31,32)/t18-,19-,22-/m0/s1. The number of imide groups is 1. The number of aliphatic imine (C=N–C) groups is 1. The zero-order valence-electron chi connectivity index (χ0n) is 26.0. The van der Waals surface area contributed by atoms with Crippen LogP contribution in [0, 0.1) is 0 Å². The first kappa shape index (κ1) is 35.5. The first-order valence-corrected chi connectivity index (χ1v) is 14.1. The number of carbonyl (C=O) groups excluding carboxylic acids is 6. The molecule has 0 bridgehead atoms. The number of amides is 5. The number of ether oxygens (including phenoxy) is 2. The first-order chi connectivity index (χ1) is 20.4. The predicted molar refractivity (Wildman–Crippen MR) is 160 cm³/mol. The summed E-state index contributed by atoms with van der Waals surface area (Å²) >= 11 is 0. The Bertz CT molecular complexity index is 1250. The summed E-state index contributed by atoms with van der Waals surface area (Å²) in [6, 6.07) is 3.83. The fourth-order valence-corrected chi connectivity index (χ4v) is 4.10. The largest absolute Gasteiger partial charge is 0.460 e. The molecule has 1 aromatic carbocycles. The van der Waals surface area contributed by atoms with Gasteiger partial charge in [-0.15, -0.1) is 0 Å². The average Bonchev–Trinajstić information content (AvgIpc) is 3.14. The highest BCUT2D eigenvalue weighted by Crippen LogP contribution is 2.20. The second kappa shape index (κ2) is 15.2. The van der Waals surface area contributed by atoms with Crippen LogP contribution in [0.4, 0.5) is 4.79 Å². The molecule has 1 saturated heterocycles. The Kier molecular flexibility index (Phi) is 12.2. The van der Waals surface area contributed by atoms with E-state index in [2.05, 4.69) is 20.9 Å². The summed E-state index contributed by atoms with van der Waals surface area (Å²) < 4.78 is 10.8. The fourth-order valence-electron chi connectivity index (χ4n) is 4.10. The fraction of sp³-hybridized carbons (Fsp3) is 0.552. The molecule has 0 spiro atoms. The van der Waals surface area contributed by atoms with E-state index in [0.29, 0.717) is 16.9 Å². The molecule has 1 heterocycles. The van der Waals surface area contributed by atoms with Gasteiger partial charge in [-0.2, -0.15) is 0 Å². The van der Waals surface area contributed by atoms with E-state index < -0.39 is 78.0 Å². The van der Waals surface area contributed by atoms with Crippen molar-refractivity contribution < 1.29 is 38.2 Å². The monoisotopic (exact) mass is 617 g/mol. The summed E-state index contributed by atoms with van der Waals surface area (Å²) in [5.41, 5.74) is 9.22. The molecule has 242 valence electrons. The number of nitrogens with two attached hydrogens (primary N) is 2. The molecule has 15 heteroatoms. The lowest BCUT2D eigenvalue weighted by atomic mass is 10.0. The van der Waals surface area contributed by atoms with E-state index >= 15 is 0 Å². The topological polar surface area (TPSA) is 225 Å². The van der Waals surface area contributed by atoms with E-state index in [1.807, 2.05) is 0 Å². The van der Waals surface area contributed by atoms with Gasteiger partial charge in [0.1, 0.15) is 29.8 Å². The smallest absolute Gasteiger partial charge is 0.333 e. The van der Waals surface area contributed by atoms with Crippen molar-refractivity contribution in [3.05, 3.63) is 35.9 Å². The number of esters is 2. The van der Waals surface area contributed by atoms with Crippen molar-refractivity contribution in [2.45, 2.75) is 90.1 Å². The molecular formula is C29H43N7O8. The number of urea groups is 1. The van der Waals surface area contributed by atoms with Crippen molar-refractivity contribution in [3.63, 3.8) is 0 Å². The van der Waals surface area contributed by atoms with Gasteiger partial charge in [0.2, 0.25) is 11.8 Å². The number of rotatable bonds is 13. The Morgan fingerprint density at radius 3 is 2.16 bits per heavy atom. The predicted octanol–water partition coefficient (Wildman–Crippen LogP) is 0.376. The molecule has 5 amide bonds. The van der Waals surface area contributed by atoms with Crippen LogP contribution in [0.25, 0.3) is 0 Å². The quantitative estimate of drug-likeness (QED) is 0.0672. The van der Waals surface area contributed by atoms with Crippen LogP contribution < -0.4 is 27.4 Å². The summed E-state index contributed by atoms with van der Waals surface area (Å²) in [7, 11) is 0. The third kappa shape index (κ3) is 11.9. The van der Waals surface area contributed by atoms with E-state index in [1.165, 1.54) is 0 Å². The van der Waals surface area contributed by atoms with Crippen LogP contribution in [0.15, 0.2) is 35.3 Å². The van der Waals surface area contributed by atoms with Crippen molar-refractivity contribution in [2.24, 2.45) is 16.5 Å². The summed E-state index contributed by atoms with van der Waals surface area (Å²) in [6.07, 6.45) is 0.0277. The zero-order valence-corrected chi connectivity index (χ0v) is 26.0. The van der Waals surface area contributed by atoms with Gasteiger partial charge in [0.15, 0.2) is 12.0 Å². The van der Waals surface area contributed by atoms with Crippen molar-refractivity contribution in [1.29, 1.82) is 0 Å². The maximum absolute atomic E-state index is 13.5. The Balaban J connectivity index is 2.22. The number of nitrogens with zero attached hydrogens (tertiary/aromatic N) is 2. The minimum absolute atomic E-state index is 0.101. The summed E-state index contributed by atoms with van der Waals surface area (Å²) in [4.78, 5) is 82.1. The molecule has 0 radical (unpaired) electrons. The second-order valence-electron chi connectivity index (χ2n) is 12.2. The molecule has 1 aromatic rings. The van der Waals surface area contributed by atoms with Gasteiger partial charge in [-0.05, 0) is 59.9 Å². The first-order valence-electron chi connectivity index (χ1n) is 14.1. The number of benzene rings is 1. The maximum atomic E-state index is 13.5. The number of nitrogens with one attached hydrogen (secondary N) is 3. The van der Waals surface area contributed by atoms with Crippen LogP contribution in [-0.2, 0) is 33.4 Å². The molecule has 15 nitrogen and oxygen atoms in total. The second-order valence-corrected chi connectivity index (χ2v) is 12.2. The van der Waals surface area contributed by atoms with Gasteiger partial charge >= 0.3 is 18.0 Å². The number of hydrogen-bond acceptors (Lipinski definition) is 9. The van der Waals surface area contributed by atoms with E-state index in [9.17, 15) is 28.8 Å². The average molecular weight is 618 g/mol. The van der Waals surface area contributed by atoms with Crippen molar-refractivity contribution in [3.8, 4) is 0 Å². The molecule has 1 aliphatic rings. The van der Waals surface area contributed by atoms with Gasteiger partial charge in [-0.1, -0.05) is 30.3 Å². The van der Waals surface area contributed by atoms with Gasteiger partial charge in [-0.25, -0.2) is 9.59 Å². The zero-order chi connectivity index (χ0) is 33.2. The van der Waals surface area contributed by atoms with Gasteiger partial charge in [0.25, 0.3) is 5.91 Å². The van der Waals surface area contributed by atoms with Crippen molar-refractivity contribution in [2.75, 3.05) is 13.1 Å². The lowest BCUT2D eigenvalue weighted by Gasteiger charge is -2.27. The maximum Gasteiger partial charge on any atom is 0.333 e. The third-order valence-electron chi connectivity index (χ3n) is 5.86. The summed E-state index contributed by atoms with van der Waals surface area (Å²) in [5, 5.41) is 7.46. The Labute approximate surface area is 256 Å². The molecule has 7 N–H and O–H groups in total. The summed E-state index contributed by atoms with van der Waals surface area (Å²) in [5.74, 6) is -4.09. The highest BCUT2D eigenvalue weighted by molar-refractivity contribution is 6.06. The third-order valence-corrected chi connectivity index (χ3v) is 5.86. The van der Waals surface area contributed by atoms with E-state index in [0.717, 1.165) is 0 Å². The SMILES string of the molecule is CC(C)(C)OC(=O)C[C@H](NC(=O)CN1C(=O)N[C@@H](CCCN=C(N)N)C1=O)C(=O)N[C@H](C(=O)OC(C)(C)C)c1ccccc1. The van der Waals surface area contributed by atoms with Crippen molar-refractivity contribution in [1.82, 2.24) is 20.9 Å². The van der Waals surface area contributed by atoms with Crippen LogP contribution in [0.1, 0.15) is 72.4 Å². The molecule has 0 saturated carbocycles. The van der Waals surface area contributed by atoms with Crippen LogP contribution in [0.2, 0.25) is 0 Å². The van der Waals surface area contributed by atoms with Gasteiger partial charge < -0.3 is 36.9 Å². The lowest BCUT2D eigenvalue weighted by molar-refractivity contribution is -0.159. The van der Waals surface area contributed by atoms with E-state index in [1.54, 1.807) is 71.9 Å². The molecule has 1 aliphatic heterocycles. The highest BCUT2D eigenvalue weighted by Gasteiger charge is 2.39. The molecular weight excluding hydrogens is 574 g/mol. The Morgan fingerprint density at radius 1 is 0.977 bits per heavy atom. The van der Waals surface area contributed by atoms with Gasteiger partial charge in [-0.3, -0.25) is 29.1 Å². The molecule has 0 aliphatic carbocycles. The lowest BCUT2D eigenvalue weighted by Crippen LogP contribution is -2.53. The normalized spacial score (nSPS) is 16.3. The van der Waals surface area contributed by atoms with Gasteiger partial charge in [0, 0.05) is 6.54 Å². The van der Waals surface area contributed by atoms with Crippen molar-refractivity contribution >= 4 is 41.7 Å². The van der Waals surface area contributed by atoms with Gasteiger partial charge in [0.05, 0.1) is 6.42 Å². The van der Waals surface area contributed by atoms with E-state index in [4.69, 9.17) is 20.9 Å². The van der Waals surface area contributed by atoms with Crippen LogP contribution in [0.5, 0.6) is 0 Å². The van der Waals surface area contributed by atoms with E-state index in [-0.39, 0.29) is 18.9 Å². The molecule has 0 unspecified atom stereocenters. The molecule has 2 rings (SSSR count). The minimum Gasteiger partial charge on any atom is -0.460 e. The Morgan fingerprint density at radius 2 is 1.59 bits per heavy atom. The number of hydrogen-bond donors (Lipinski definition) is 5. The number of guanidine groups is 1. The highest BCUT2D eigenvalue weighted by atomic mass is 16.6. The van der Waals surface area contributed by atoms with Crippen LogP contribution >= 0.6 is 0 Å². The minimum atomic E-state index is -1.53. The molecule has 3 atom stereocenters. The summed E-state index contributed by atoms with van der Waals surface area (Å²) in [6.45, 7) is 9.45. The molecule has 1 fully saturated rings. The number of carbonyl (C=O) groups is 6.